The highest BCUT2D eigenvalue weighted by molar-refractivity contribution is 9.10. The number of esters is 1. The molecule has 1 rings (SSSR count). The fourth-order valence-electron chi connectivity index (χ4n) is 1.15. The van der Waals surface area contributed by atoms with Crippen molar-refractivity contribution in [3.63, 3.8) is 0 Å². The van der Waals surface area contributed by atoms with Gasteiger partial charge < -0.3 is 4.74 Å². The van der Waals surface area contributed by atoms with Crippen LogP contribution in [0.3, 0.4) is 0 Å². The van der Waals surface area contributed by atoms with Crippen molar-refractivity contribution in [3.8, 4) is 0 Å². The van der Waals surface area contributed by atoms with Gasteiger partial charge in [-0.15, -0.1) is 0 Å². The van der Waals surface area contributed by atoms with Crippen LogP contribution in [0.15, 0.2) is 22.7 Å². The van der Waals surface area contributed by atoms with Gasteiger partial charge in [0.25, 0.3) is 0 Å². The lowest BCUT2D eigenvalue weighted by Crippen LogP contribution is -2.11. The number of methoxy groups -OCH3 is 1. The van der Waals surface area contributed by atoms with Crippen LogP contribution >= 0.6 is 37.8 Å². The Morgan fingerprint density at radius 2 is 2.38 bits per heavy atom. The molecule has 0 spiro atoms. The van der Waals surface area contributed by atoms with Crippen LogP contribution in [0.5, 0.6) is 0 Å². The maximum absolute atomic E-state index is 11.2. The third kappa shape index (κ3) is 3.55. The first kappa shape index (κ1) is 13.6. The van der Waals surface area contributed by atoms with Crippen LogP contribution in [0.4, 0.5) is 5.69 Å². The lowest BCUT2D eigenvalue weighted by atomic mass is 10.1. The predicted octanol–water partition coefficient (Wildman–Crippen LogP) is 3.16. The van der Waals surface area contributed by atoms with Gasteiger partial charge in [-0.1, -0.05) is 15.9 Å². The molecule has 7 heteroatoms. The van der Waals surface area contributed by atoms with Crippen molar-refractivity contribution in [2.24, 2.45) is 0 Å². The molecule has 0 heterocycles. The summed E-state index contributed by atoms with van der Waals surface area (Å²) in [5.74, 6) is -0.382. The molecule has 0 saturated carbocycles. The summed E-state index contributed by atoms with van der Waals surface area (Å²) in [6.07, 6.45) is 0.0692. The summed E-state index contributed by atoms with van der Waals surface area (Å²) >= 11 is 3.91. The largest absolute Gasteiger partial charge is 0.469 e. The monoisotopic (exact) mass is 325 g/mol. The van der Waals surface area contributed by atoms with Crippen LogP contribution in [0.2, 0.25) is 0 Å². The van der Waals surface area contributed by atoms with E-state index in [9.17, 15) is 10.0 Å². The normalized spacial score (nSPS) is 10.0. The van der Waals surface area contributed by atoms with E-state index in [4.69, 9.17) is 10.7 Å². The molecular formula is C9H9BrClNO3S. The molecule has 1 aromatic carbocycles. The first-order valence-electron chi connectivity index (χ1n) is 4.21. The van der Waals surface area contributed by atoms with Crippen LogP contribution in [0.25, 0.3) is 0 Å². The van der Waals surface area contributed by atoms with Gasteiger partial charge in [-0.25, -0.2) is 0 Å². The van der Waals surface area contributed by atoms with E-state index in [1.54, 1.807) is 18.2 Å². The molecule has 1 aromatic rings. The van der Waals surface area contributed by atoms with Crippen LogP contribution < -0.4 is 4.47 Å². The first-order chi connectivity index (χ1) is 7.58. The fourth-order valence-corrected chi connectivity index (χ4v) is 2.03. The topological polar surface area (TPSA) is 49.8 Å². The molecule has 0 aliphatic carbocycles. The molecular weight excluding hydrogens is 318 g/mol. The second-order valence-corrected chi connectivity index (χ2v) is 4.68. The molecule has 0 atom stereocenters. The Labute approximate surface area is 110 Å². The minimum atomic E-state index is -0.382. The van der Waals surface area contributed by atoms with Crippen molar-refractivity contribution in [1.82, 2.24) is 0 Å². The number of anilines is 1. The number of carbonyl (C=O) groups is 1. The SMILES string of the molecule is COC(=O)Cc1cc(Br)ccc1N(O)SCl. The third-order valence-corrected chi connectivity index (χ3v) is 3.09. The predicted molar refractivity (Wildman–Crippen MR) is 67.6 cm³/mol. The zero-order valence-corrected chi connectivity index (χ0v) is 11.5. The van der Waals surface area contributed by atoms with Gasteiger partial charge in [0.2, 0.25) is 0 Å². The second kappa shape index (κ2) is 6.34. The van der Waals surface area contributed by atoms with E-state index in [2.05, 4.69) is 20.7 Å². The van der Waals surface area contributed by atoms with Gasteiger partial charge in [-0.3, -0.25) is 10.0 Å². The molecule has 0 fully saturated rings. The van der Waals surface area contributed by atoms with Gasteiger partial charge in [-0.05, 0) is 34.4 Å². The Kier molecular flexibility index (Phi) is 5.40. The van der Waals surface area contributed by atoms with Crippen LogP contribution in [0.1, 0.15) is 5.56 Å². The molecule has 0 aliphatic heterocycles. The maximum Gasteiger partial charge on any atom is 0.310 e. The number of benzene rings is 1. The third-order valence-electron chi connectivity index (χ3n) is 1.88. The van der Waals surface area contributed by atoms with Crippen molar-refractivity contribution in [2.75, 3.05) is 11.6 Å². The molecule has 1 N–H and O–H groups in total. The molecule has 0 saturated heterocycles. The van der Waals surface area contributed by atoms with Gasteiger partial charge >= 0.3 is 5.97 Å². The number of ether oxygens (including phenoxy) is 1. The highest BCUT2D eigenvalue weighted by Gasteiger charge is 2.13. The zero-order chi connectivity index (χ0) is 12.1. The summed E-state index contributed by atoms with van der Waals surface area (Å²) in [5, 5.41) is 9.48. The van der Waals surface area contributed by atoms with Crippen molar-refractivity contribution in [2.45, 2.75) is 6.42 Å². The summed E-state index contributed by atoms with van der Waals surface area (Å²) in [7, 11) is 6.75. The standard InChI is InChI=1S/C9H9BrClNO3S/c1-15-9(13)5-6-4-7(10)2-3-8(6)12(14)16-11/h2-4,14H,5H2,1H3. The average molecular weight is 327 g/mol. The van der Waals surface area contributed by atoms with E-state index in [0.717, 1.165) is 8.94 Å². The summed E-state index contributed by atoms with van der Waals surface area (Å²) < 4.78 is 6.16. The molecule has 0 bridgehead atoms. The van der Waals surface area contributed by atoms with Gasteiger partial charge in [0.15, 0.2) is 0 Å². The van der Waals surface area contributed by atoms with E-state index in [1.807, 2.05) is 0 Å². The first-order valence-corrected chi connectivity index (χ1v) is 6.60. The van der Waals surface area contributed by atoms with E-state index >= 15 is 0 Å². The van der Waals surface area contributed by atoms with Gasteiger partial charge in [0.05, 0.1) is 30.4 Å². The smallest absolute Gasteiger partial charge is 0.310 e. The molecule has 88 valence electrons. The molecule has 0 unspecified atom stereocenters. The molecule has 16 heavy (non-hydrogen) atoms. The van der Waals surface area contributed by atoms with Crippen molar-refractivity contribution < 1.29 is 14.7 Å². The van der Waals surface area contributed by atoms with E-state index < -0.39 is 0 Å². The number of halogens is 2. The summed E-state index contributed by atoms with van der Waals surface area (Å²) in [5.41, 5.74) is 1.07. The van der Waals surface area contributed by atoms with Crippen molar-refractivity contribution in [1.29, 1.82) is 0 Å². The maximum atomic E-state index is 11.2. The summed E-state index contributed by atoms with van der Waals surface area (Å²) in [4.78, 5) is 11.2. The fraction of sp³-hybridized carbons (Fsp3) is 0.222. The van der Waals surface area contributed by atoms with Crippen molar-refractivity contribution >= 4 is 49.4 Å². The Morgan fingerprint density at radius 3 is 2.94 bits per heavy atom. The zero-order valence-electron chi connectivity index (χ0n) is 8.31. The van der Waals surface area contributed by atoms with Gasteiger partial charge in [0, 0.05) is 4.47 Å². The quantitative estimate of drug-likeness (QED) is 0.523. The summed E-state index contributed by atoms with van der Waals surface area (Å²) in [6.45, 7) is 0. The molecule has 4 nitrogen and oxygen atoms in total. The number of carbonyl (C=O) groups excluding carboxylic acids is 1. The van der Waals surface area contributed by atoms with Gasteiger partial charge in [-0.2, -0.15) is 4.47 Å². The van der Waals surface area contributed by atoms with Crippen LogP contribution in [0, 0.1) is 0 Å². The minimum absolute atomic E-state index is 0.0692. The van der Waals surface area contributed by atoms with E-state index in [0.29, 0.717) is 22.4 Å². The van der Waals surface area contributed by atoms with E-state index in [-0.39, 0.29) is 12.4 Å². The molecule has 0 amide bonds. The Balaban J connectivity index is 3.03. The molecule has 0 radical (unpaired) electrons. The Bertz CT molecular complexity index is 391. The lowest BCUT2D eigenvalue weighted by Gasteiger charge is -2.15. The minimum Gasteiger partial charge on any atom is -0.469 e. The number of hydrogen-bond donors (Lipinski definition) is 1. The Morgan fingerprint density at radius 1 is 1.69 bits per heavy atom. The highest BCUT2D eigenvalue weighted by atomic mass is 79.9. The second-order valence-electron chi connectivity index (χ2n) is 2.87. The number of nitrogens with zero attached hydrogens (tertiary/aromatic N) is 1. The van der Waals surface area contributed by atoms with Crippen LogP contribution in [-0.2, 0) is 16.0 Å². The lowest BCUT2D eigenvalue weighted by molar-refractivity contribution is -0.139. The van der Waals surface area contributed by atoms with E-state index in [1.165, 1.54) is 7.11 Å². The number of hydrogen-bond acceptors (Lipinski definition) is 5. The summed E-state index contributed by atoms with van der Waals surface area (Å²) in [6, 6.07) is 5.12. The van der Waals surface area contributed by atoms with Crippen molar-refractivity contribution in [3.05, 3.63) is 28.2 Å². The molecule has 0 aromatic heterocycles. The number of rotatable bonds is 4. The average Bonchev–Trinajstić information content (AvgIpc) is 2.28. The molecule has 0 aliphatic rings. The van der Waals surface area contributed by atoms with Crippen LogP contribution in [-0.4, -0.2) is 18.3 Å². The van der Waals surface area contributed by atoms with Gasteiger partial charge in [0.1, 0.15) is 0 Å². The Hall–Kier alpha value is -0.430. The highest BCUT2D eigenvalue weighted by Crippen LogP contribution is 2.29.